The minimum absolute atomic E-state index is 0.763. The Balaban J connectivity index is 1.00. The standard InChI is InChI=1S/C40H24N2O3/c1-6-25(20-26(7-1)29-15-17-35-34(23-29)40-37(44-35)13-5-19-42-40)27-8-2-10-31(21-27)43-32-11-3-9-28(22-32)30-14-16-33-38(24-30)45-36-12-4-18-41-39(33)36/h1-24H. The Morgan fingerprint density at radius 1 is 0.378 bits per heavy atom. The molecule has 9 aromatic rings. The van der Waals surface area contributed by atoms with E-state index in [2.05, 4.69) is 88.8 Å². The first-order chi connectivity index (χ1) is 22.2. The maximum absolute atomic E-state index is 6.38. The highest BCUT2D eigenvalue weighted by molar-refractivity contribution is 6.04. The lowest BCUT2D eigenvalue weighted by Gasteiger charge is -2.11. The highest BCUT2D eigenvalue weighted by Gasteiger charge is 2.12. The Morgan fingerprint density at radius 3 is 1.60 bits per heavy atom. The Hall–Kier alpha value is -6.20. The molecule has 0 unspecified atom stereocenters. The van der Waals surface area contributed by atoms with Gasteiger partial charge < -0.3 is 13.6 Å². The van der Waals surface area contributed by atoms with E-state index in [1.54, 1.807) is 12.4 Å². The summed E-state index contributed by atoms with van der Waals surface area (Å²) < 4.78 is 18.4. The lowest BCUT2D eigenvalue weighted by molar-refractivity contribution is 0.483. The molecule has 0 aliphatic heterocycles. The van der Waals surface area contributed by atoms with E-state index >= 15 is 0 Å². The van der Waals surface area contributed by atoms with E-state index in [1.165, 1.54) is 0 Å². The number of aromatic nitrogens is 2. The number of pyridine rings is 2. The minimum atomic E-state index is 0.763. The van der Waals surface area contributed by atoms with E-state index in [9.17, 15) is 0 Å². The van der Waals surface area contributed by atoms with E-state index in [1.807, 2.05) is 54.6 Å². The number of rotatable bonds is 5. The van der Waals surface area contributed by atoms with E-state index in [-0.39, 0.29) is 0 Å². The highest BCUT2D eigenvalue weighted by Crippen LogP contribution is 2.36. The summed E-state index contributed by atoms with van der Waals surface area (Å²) in [7, 11) is 0. The topological polar surface area (TPSA) is 61.3 Å². The molecule has 0 spiro atoms. The van der Waals surface area contributed by atoms with Crippen molar-refractivity contribution in [3.05, 3.63) is 146 Å². The van der Waals surface area contributed by atoms with Gasteiger partial charge in [0.25, 0.3) is 0 Å². The Labute approximate surface area is 258 Å². The monoisotopic (exact) mass is 580 g/mol. The summed E-state index contributed by atoms with van der Waals surface area (Å²) >= 11 is 0. The van der Waals surface area contributed by atoms with E-state index in [0.717, 1.165) is 89.0 Å². The lowest BCUT2D eigenvalue weighted by atomic mass is 9.98. The molecule has 0 aliphatic carbocycles. The van der Waals surface area contributed by atoms with Crippen LogP contribution in [0.25, 0.3) is 77.5 Å². The Morgan fingerprint density at radius 2 is 0.911 bits per heavy atom. The van der Waals surface area contributed by atoms with Crippen LogP contribution in [0.1, 0.15) is 0 Å². The number of furan rings is 2. The van der Waals surface area contributed by atoms with Crippen LogP contribution in [0, 0.1) is 0 Å². The van der Waals surface area contributed by atoms with E-state index in [0.29, 0.717) is 0 Å². The van der Waals surface area contributed by atoms with E-state index < -0.39 is 0 Å². The van der Waals surface area contributed by atoms with Crippen molar-refractivity contribution in [2.75, 3.05) is 0 Å². The van der Waals surface area contributed by atoms with Crippen molar-refractivity contribution in [3.8, 4) is 44.9 Å². The quantitative estimate of drug-likeness (QED) is 0.203. The van der Waals surface area contributed by atoms with Gasteiger partial charge in [-0.2, -0.15) is 0 Å². The van der Waals surface area contributed by atoms with E-state index in [4.69, 9.17) is 13.6 Å². The first-order valence-electron chi connectivity index (χ1n) is 14.8. The predicted octanol–water partition coefficient (Wildman–Crippen LogP) is 11.1. The van der Waals surface area contributed by atoms with Gasteiger partial charge in [-0.3, -0.25) is 9.97 Å². The first-order valence-corrected chi connectivity index (χ1v) is 14.8. The summed E-state index contributed by atoms with van der Waals surface area (Å²) in [4.78, 5) is 9.02. The maximum Gasteiger partial charge on any atom is 0.153 e. The molecule has 9 rings (SSSR count). The van der Waals surface area contributed by atoms with Gasteiger partial charge in [-0.15, -0.1) is 0 Å². The molecular weight excluding hydrogens is 556 g/mol. The molecule has 5 heteroatoms. The number of hydrogen-bond donors (Lipinski definition) is 0. The zero-order chi connectivity index (χ0) is 29.7. The van der Waals surface area contributed by atoms with Gasteiger partial charge in [-0.05, 0) is 112 Å². The van der Waals surface area contributed by atoms with Crippen LogP contribution in [-0.4, -0.2) is 9.97 Å². The minimum Gasteiger partial charge on any atom is -0.457 e. The first kappa shape index (κ1) is 25.3. The molecule has 4 aromatic heterocycles. The van der Waals surface area contributed by atoms with Crippen LogP contribution in [0.15, 0.2) is 155 Å². The molecule has 0 bridgehead atoms. The van der Waals surface area contributed by atoms with Gasteiger partial charge in [0.15, 0.2) is 11.2 Å². The maximum atomic E-state index is 6.38. The molecule has 5 aromatic carbocycles. The van der Waals surface area contributed by atoms with Crippen molar-refractivity contribution in [3.63, 3.8) is 0 Å². The molecule has 0 saturated carbocycles. The van der Waals surface area contributed by atoms with Crippen LogP contribution in [0.3, 0.4) is 0 Å². The Bertz CT molecular complexity index is 2540. The smallest absolute Gasteiger partial charge is 0.153 e. The molecule has 45 heavy (non-hydrogen) atoms. The molecule has 0 saturated heterocycles. The lowest BCUT2D eigenvalue weighted by Crippen LogP contribution is -1.87. The molecule has 0 aliphatic rings. The van der Waals surface area contributed by atoms with Gasteiger partial charge in [0.05, 0.1) is 0 Å². The third-order valence-electron chi connectivity index (χ3n) is 8.22. The Kier molecular flexibility index (Phi) is 5.74. The van der Waals surface area contributed by atoms with Crippen LogP contribution in [0.5, 0.6) is 11.5 Å². The third-order valence-corrected chi connectivity index (χ3v) is 8.22. The molecule has 0 fully saturated rings. The van der Waals surface area contributed by atoms with Gasteiger partial charge in [-0.1, -0.05) is 54.6 Å². The summed E-state index contributed by atoms with van der Waals surface area (Å²) in [6.45, 7) is 0. The predicted molar refractivity (Wildman–Crippen MR) is 179 cm³/mol. The molecule has 0 atom stereocenters. The second kappa shape index (κ2) is 10.2. The van der Waals surface area contributed by atoms with Gasteiger partial charge in [0.2, 0.25) is 0 Å². The third kappa shape index (κ3) is 4.50. The number of nitrogens with zero attached hydrogens (tertiary/aromatic N) is 2. The second-order valence-corrected chi connectivity index (χ2v) is 11.1. The number of ether oxygens (including phenoxy) is 1. The van der Waals surface area contributed by atoms with Gasteiger partial charge in [-0.25, -0.2) is 0 Å². The summed E-state index contributed by atoms with van der Waals surface area (Å²) in [5, 5.41) is 2.02. The summed E-state index contributed by atoms with van der Waals surface area (Å²) in [5.74, 6) is 1.53. The zero-order valence-corrected chi connectivity index (χ0v) is 24.0. The summed E-state index contributed by atoms with van der Waals surface area (Å²) in [6.07, 6.45) is 3.59. The molecule has 5 nitrogen and oxygen atoms in total. The molecule has 4 heterocycles. The molecule has 0 radical (unpaired) electrons. The highest BCUT2D eigenvalue weighted by atomic mass is 16.5. The SMILES string of the molecule is c1cc(Oc2cccc(-c3ccc4c(c3)oc3cccnc34)c2)cc(-c2cccc(-c3ccc4oc5cccnc5c4c3)c2)c1. The van der Waals surface area contributed by atoms with Gasteiger partial charge in [0.1, 0.15) is 33.7 Å². The largest absolute Gasteiger partial charge is 0.457 e. The van der Waals surface area contributed by atoms with Crippen LogP contribution in [0.4, 0.5) is 0 Å². The second-order valence-electron chi connectivity index (χ2n) is 11.1. The fraction of sp³-hybridized carbons (Fsp3) is 0. The van der Waals surface area contributed by atoms with Crippen molar-refractivity contribution in [1.82, 2.24) is 9.97 Å². The normalized spacial score (nSPS) is 11.6. The summed E-state index contributed by atoms with van der Waals surface area (Å²) in [5.41, 5.74) is 11.5. The van der Waals surface area contributed by atoms with Crippen LogP contribution in [-0.2, 0) is 0 Å². The van der Waals surface area contributed by atoms with Crippen molar-refractivity contribution < 1.29 is 13.6 Å². The number of fused-ring (bicyclic) bond motifs is 6. The molecule has 0 N–H and O–H groups in total. The van der Waals surface area contributed by atoms with Crippen LogP contribution >= 0.6 is 0 Å². The van der Waals surface area contributed by atoms with Gasteiger partial charge >= 0.3 is 0 Å². The average Bonchev–Trinajstić information content (AvgIpc) is 3.66. The summed E-state index contributed by atoms with van der Waals surface area (Å²) in [6, 6.07) is 45.1. The molecular formula is C40H24N2O3. The molecule has 0 amide bonds. The number of benzene rings is 5. The zero-order valence-electron chi connectivity index (χ0n) is 24.0. The van der Waals surface area contributed by atoms with Crippen molar-refractivity contribution in [2.24, 2.45) is 0 Å². The molecule has 212 valence electrons. The fourth-order valence-electron chi connectivity index (χ4n) is 6.05. The van der Waals surface area contributed by atoms with Crippen molar-refractivity contribution in [1.29, 1.82) is 0 Å². The van der Waals surface area contributed by atoms with Crippen molar-refractivity contribution >= 4 is 44.1 Å². The van der Waals surface area contributed by atoms with Gasteiger partial charge in [0, 0.05) is 23.2 Å². The fourth-order valence-corrected chi connectivity index (χ4v) is 6.05. The van der Waals surface area contributed by atoms with Crippen LogP contribution < -0.4 is 4.74 Å². The van der Waals surface area contributed by atoms with Crippen molar-refractivity contribution in [2.45, 2.75) is 0 Å². The van der Waals surface area contributed by atoms with Crippen LogP contribution in [0.2, 0.25) is 0 Å². The number of hydrogen-bond acceptors (Lipinski definition) is 5. The average molecular weight is 581 g/mol.